The van der Waals surface area contributed by atoms with Gasteiger partial charge in [-0.3, -0.25) is 0 Å². The van der Waals surface area contributed by atoms with Crippen LogP contribution in [0.2, 0.25) is 0 Å². The molecule has 0 aromatic heterocycles. The highest BCUT2D eigenvalue weighted by Gasteiger charge is 2.18. The summed E-state index contributed by atoms with van der Waals surface area (Å²) in [5, 5.41) is 8.90. The first kappa shape index (κ1) is 9.36. The summed E-state index contributed by atoms with van der Waals surface area (Å²) in [6, 6.07) is 0. The van der Waals surface area contributed by atoms with Crippen LogP contribution in [0.15, 0.2) is 0 Å². The van der Waals surface area contributed by atoms with Gasteiger partial charge in [0.15, 0.2) is 0 Å². The summed E-state index contributed by atoms with van der Waals surface area (Å²) in [6.07, 6.45) is 2.45. The van der Waals surface area contributed by atoms with Gasteiger partial charge in [0.2, 0.25) is 0 Å². The molecule has 2 nitrogen and oxygen atoms in total. The molecule has 11 heavy (non-hydrogen) atoms. The number of thioether (sulfide) groups is 1. The third kappa shape index (κ3) is 3.01. The van der Waals surface area contributed by atoms with E-state index in [9.17, 15) is 0 Å². The summed E-state index contributed by atoms with van der Waals surface area (Å²) in [7, 11) is 0. The van der Waals surface area contributed by atoms with Gasteiger partial charge in [-0.15, -0.1) is 0 Å². The second-order valence-electron chi connectivity index (χ2n) is 3.25. The van der Waals surface area contributed by atoms with Crippen LogP contribution < -0.4 is 5.73 Å². The third-order valence-electron chi connectivity index (χ3n) is 2.28. The molecule has 2 unspecified atom stereocenters. The standard InChI is InChI=1S/C8H17NOS/c9-4-8(5-10)3-7-1-2-11-6-7/h7-8,10H,1-6,9H2. The van der Waals surface area contributed by atoms with E-state index in [2.05, 4.69) is 0 Å². The lowest BCUT2D eigenvalue weighted by molar-refractivity contribution is 0.208. The van der Waals surface area contributed by atoms with Crippen molar-refractivity contribution in [3.05, 3.63) is 0 Å². The van der Waals surface area contributed by atoms with Crippen LogP contribution in [0.3, 0.4) is 0 Å². The van der Waals surface area contributed by atoms with E-state index >= 15 is 0 Å². The van der Waals surface area contributed by atoms with Gasteiger partial charge in [-0.25, -0.2) is 0 Å². The smallest absolute Gasteiger partial charge is 0.0471 e. The van der Waals surface area contributed by atoms with Gasteiger partial charge in [-0.1, -0.05) is 0 Å². The fourth-order valence-electron chi connectivity index (χ4n) is 1.49. The number of rotatable bonds is 4. The Labute approximate surface area is 72.5 Å². The van der Waals surface area contributed by atoms with Crippen molar-refractivity contribution in [3.63, 3.8) is 0 Å². The molecule has 3 heteroatoms. The van der Waals surface area contributed by atoms with Gasteiger partial charge in [-0.2, -0.15) is 11.8 Å². The van der Waals surface area contributed by atoms with Crippen LogP contribution in [0.1, 0.15) is 12.8 Å². The lowest BCUT2D eigenvalue weighted by Crippen LogP contribution is -2.21. The number of nitrogens with two attached hydrogens (primary N) is 1. The molecule has 0 radical (unpaired) electrons. The maximum absolute atomic E-state index is 8.90. The first-order valence-electron chi connectivity index (χ1n) is 4.25. The van der Waals surface area contributed by atoms with Gasteiger partial charge in [0, 0.05) is 6.61 Å². The lowest BCUT2D eigenvalue weighted by atomic mass is 9.95. The van der Waals surface area contributed by atoms with Gasteiger partial charge in [0.05, 0.1) is 0 Å². The summed E-state index contributed by atoms with van der Waals surface area (Å²) in [6.45, 7) is 0.898. The number of hydrogen-bond donors (Lipinski definition) is 2. The fourth-order valence-corrected chi connectivity index (χ4v) is 2.79. The van der Waals surface area contributed by atoms with E-state index in [0.717, 1.165) is 12.3 Å². The zero-order chi connectivity index (χ0) is 8.10. The quantitative estimate of drug-likeness (QED) is 0.661. The predicted molar refractivity (Wildman–Crippen MR) is 49.7 cm³/mol. The van der Waals surface area contributed by atoms with Crippen LogP contribution >= 0.6 is 11.8 Å². The minimum atomic E-state index is 0.262. The summed E-state index contributed by atoms with van der Waals surface area (Å²) in [5.41, 5.74) is 5.49. The molecule has 0 aromatic carbocycles. The first-order chi connectivity index (χ1) is 5.36. The molecule has 0 amide bonds. The molecule has 1 rings (SSSR count). The van der Waals surface area contributed by atoms with Crippen molar-refractivity contribution < 1.29 is 5.11 Å². The van der Waals surface area contributed by atoms with Crippen molar-refractivity contribution in [3.8, 4) is 0 Å². The highest BCUT2D eigenvalue weighted by Crippen LogP contribution is 2.28. The normalized spacial score (nSPS) is 27.3. The van der Waals surface area contributed by atoms with E-state index in [1.54, 1.807) is 0 Å². The van der Waals surface area contributed by atoms with Crippen LogP contribution in [0, 0.1) is 11.8 Å². The Bertz CT molecular complexity index is 100. The van der Waals surface area contributed by atoms with Crippen LogP contribution in [0.25, 0.3) is 0 Å². The van der Waals surface area contributed by atoms with Crippen molar-refractivity contribution in [1.29, 1.82) is 0 Å². The van der Waals surface area contributed by atoms with Crippen molar-refractivity contribution in [2.75, 3.05) is 24.7 Å². The molecule has 0 saturated carbocycles. The minimum absolute atomic E-state index is 0.262. The highest BCUT2D eigenvalue weighted by atomic mass is 32.2. The topological polar surface area (TPSA) is 46.2 Å². The molecule has 0 aromatic rings. The maximum Gasteiger partial charge on any atom is 0.0471 e. The van der Waals surface area contributed by atoms with Crippen LogP contribution in [0.4, 0.5) is 0 Å². The molecule has 1 saturated heterocycles. The molecular weight excluding hydrogens is 158 g/mol. The van der Waals surface area contributed by atoms with E-state index in [0.29, 0.717) is 12.5 Å². The Morgan fingerprint density at radius 1 is 1.64 bits per heavy atom. The largest absolute Gasteiger partial charge is 0.396 e. The molecule has 3 N–H and O–H groups in total. The van der Waals surface area contributed by atoms with Gasteiger partial charge in [-0.05, 0) is 42.7 Å². The summed E-state index contributed by atoms with van der Waals surface area (Å²) < 4.78 is 0. The number of aliphatic hydroxyl groups is 1. The Hall–Kier alpha value is 0.270. The number of hydrogen-bond acceptors (Lipinski definition) is 3. The minimum Gasteiger partial charge on any atom is -0.396 e. The van der Waals surface area contributed by atoms with Crippen molar-refractivity contribution in [2.45, 2.75) is 12.8 Å². The Balaban J connectivity index is 2.16. The third-order valence-corrected chi connectivity index (χ3v) is 3.51. The van der Waals surface area contributed by atoms with E-state index < -0.39 is 0 Å². The summed E-state index contributed by atoms with van der Waals surface area (Å²) in [5.74, 6) is 3.74. The first-order valence-corrected chi connectivity index (χ1v) is 5.41. The Morgan fingerprint density at radius 3 is 2.91 bits per heavy atom. The van der Waals surface area contributed by atoms with Crippen LogP contribution in [-0.4, -0.2) is 29.8 Å². The molecule has 0 spiro atoms. The van der Waals surface area contributed by atoms with Crippen LogP contribution in [0.5, 0.6) is 0 Å². The molecule has 0 bridgehead atoms. The fraction of sp³-hybridized carbons (Fsp3) is 1.00. The van der Waals surface area contributed by atoms with Crippen LogP contribution in [-0.2, 0) is 0 Å². The molecule has 2 atom stereocenters. The van der Waals surface area contributed by atoms with E-state index in [1.165, 1.54) is 17.9 Å². The van der Waals surface area contributed by atoms with Crippen molar-refractivity contribution >= 4 is 11.8 Å². The van der Waals surface area contributed by atoms with Gasteiger partial charge >= 0.3 is 0 Å². The van der Waals surface area contributed by atoms with E-state index in [1.807, 2.05) is 11.8 Å². The van der Waals surface area contributed by atoms with Crippen molar-refractivity contribution in [1.82, 2.24) is 0 Å². The second-order valence-corrected chi connectivity index (χ2v) is 4.40. The van der Waals surface area contributed by atoms with Gasteiger partial charge < -0.3 is 10.8 Å². The molecule has 1 fully saturated rings. The monoisotopic (exact) mass is 175 g/mol. The highest BCUT2D eigenvalue weighted by molar-refractivity contribution is 7.99. The predicted octanol–water partition coefficient (Wildman–Crippen LogP) is 0.697. The van der Waals surface area contributed by atoms with Gasteiger partial charge in [0.1, 0.15) is 0 Å². The van der Waals surface area contributed by atoms with Gasteiger partial charge in [0.25, 0.3) is 0 Å². The zero-order valence-corrected chi connectivity index (χ0v) is 7.65. The summed E-state index contributed by atoms with van der Waals surface area (Å²) >= 11 is 2.02. The number of aliphatic hydroxyl groups excluding tert-OH is 1. The molecule has 1 heterocycles. The van der Waals surface area contributed by atoms with E-state index in [4.69, 9.17) is 10.8 Å². The molecule has 0 aliphatic carbocycles. The zero-order valence-electron chi connectivity index (χ0n) is 6.83. The molecule has 1 aliphatic heterocycles. The lowest BCUT2D eigenvalue weighted by Gasteiger charge is -2.15. The Morgan fingerprint density at radius 2 is 2.45 bits per heavy atom. The SMILES string of the molecule is NCC(CO)CC1CCSC1. The van der Waals surface area contributed by atoms with E-state index in [-0.39, 0.29) is 6.61 Å². The average Bonchev–Trinajstić information content (AvgIpc) is 2.52. The molecule has 1 aliphatic rings. The Kier molecular flexibility index (Phi) is 4.26. The summed E-state index contributed by atoms with van der Waals surface area (Å²) in [4.78, 5) is 0. The maximum atomic E-state index is 8.90. The second kappa shape index (κ2) is 5.01. The molecular formula is C8H17NOS. The average molecular weight is 175 g/mol. The molecule has 66 valence electrons. The van der Waals surface area contributed by atoms with Crippen molar-refractivity contribution in [2.24, 2.45) is 17.6 Å².